The number of nitrogens with zero attached hydrogens (tertiary/aromatic N) is 4. The molecule has 27 heavy (non-hydrogen) atoms. The van der Waals surface area contributed by atoms with E-state index in [1.807, 2.05) is 36.4 Å². The molecular weight excluding hydrogens is 402 g/mol. The van der Waals surface area contributed by atoms with Crippen molar-refractivity contribution < 1.29 is 4.79 Å². The standard InChI is InChI=1S/C18H12ClN5OS2/c19-12-4-3-5-13(10-12)24-9-8-15(23-24)17(25)21-14-6-1-2-7-16(14)27-18-22-20-11-26-18/h1-11H,(H,21,25). The maximum Gasteiger partial charge on any atom is 0.276 e. The molecule has 0 atom stereocenters. The number of nitrogens with one attached hydrogen (secondary N) is 1. The summed E-state index contributed by atoms with van der Waals surface area (Å²) in [5, 5.41) is 15.7. The number of para-hydroxylation sites is 1. The Morgan fingerprint density at radius 1 is 1.15 bits per heavy atom. The van der Waals surface area contributed by atoms with Crippen LogP contribution in [0.5, 0.6) is 0 Å². The maximum absolute atomic E-state index is 12.6. The summed E-state index contributed by atoms with van der Waals surface area (Å²) in [6.45, 7) is 0. The third kappa shape index (κ3) is 4.19. The van der Waals surface area contributed by atoms with E-state index in [-0.39, 0.29) is 5.91 Å². The van der Waals surface area contributed by atoms with Crippen molar-refractivity contribution in [1.82, 2.24) is 20.0 Å². The lowest BCUT2D eigenvalue weighted by Crippen LogP contribution is -2.13. The first-order chi connectivity index (χ1) is 13.2. The molecule has 0 bridgehead atoms. The molecule has 4 rings (SSSR count). The minimum atomic E-state index is -0.291. The lowest BCUT2D eigenvalue weighted by molar-refractivity contribution is 0.102. The summed E-state index contributed by atoms with van der Waals surface area (Å²) in [6.07, 6.45) is 1.72. The first kappa shape index (κ1) is 17.7. The summed E-state index contributed by atoms with van der Waals surface area (Å²) in [6, 6.07) is 16.5. The highest BCUT2D eigenvalue weighted by atomic mass is 35.5. The Hall–Kier alpha value is -2.68. The van der Waals surface area contributed by atoms with E-state index in [1.54, 1.807) is 34.6 Å². The van der Waals surface area contributed by atoms with Crippen LogP contribution in [0.1, 0.15) is 10.5 Å². The molecule has 0 unspecified atom stereocenters. The number of amides is 1. The molecule has 2 aromatic heterocycles. The summed E-state index contributed by atoms with van der Waals surface area (Å²) in [7, 11) is 0. The van der Waals surface area contributed by atoms with Crippen LogP contribution in [0.15, 0.2) is 75.5 Å². The van der Waals surface area contributed by atoms with Crippen LogP contribution >= 0.6 is 34.7 Å². The Morgan fingerprint density at radius 2 is 2.04 bits per heavy atom. The number of benzene rings is 2. The highest BCUT2D eigenvalue weighted by Crippen LogP contribution is 2.34. The van der Waals surface area contributed by atoms with Crippen molar-refractivity contribution in [3.05, 3.63) is 77.0 Å². The molecule has 0 fully saturated rings. The second-order valence-corrected chi connectivity index (χ2v) is 7.94. The monoisotopic (exact) mass is 413 g/mol. The normalized spacial score (nSPS) is 10.7. The molecule has 0 aliphatic heterocycles. The quantitative estimate of drug-likeness (QED) is 0.509. The lowest BCUT2D eigenvalue weighted by atomic mass is 10.3. The fourth-order valence-corrected chi connectivity index (χ4v) is 4.06. The maximum atomic E-state index is 12.6. The van der Waals surface area contributed by atoms with Gasteiger partial charge in [-0.05, 0) is 36.4 Å². The molecule has 2 heterocycles. The predicted molar refractivity (Wildman–Crippen MR) is 107 cm³/mol. The Labute approximate surface area is 168 Å². The molecular formula is C18H12ClN5OS2. The van der Waals surface area contributed by atoms with Gasteiger partial charge in [0.1, 0.15) is 5.51 Å². The zero-order valence-electron chi connectivity index (χ0n) is 13.7. The number of carbonyl (C=O) groups is 1. The van der Waals surface area contributed by atoms with Crippen molar-refractivity contribution in [2.24, 2.45) is 0 Å². The highest BCUT2D eigenvalue weighted by Gasteiger charge is 2.14. The number of carbonyl (C=O) groups excluding carboxylic acids is 1. The van der Waals surface area contributed by atoms with E-state index in [4.69, 9.17) is 11.6 Å². The molecule has 0 aliphatic carbocycles. The molecule has 0 radical (unpaired) electrons. The van der Waals surface area contributed by atoms with Crippen molar-refractivity contribution in [3.8, 4) is 5.69 Å². The molecule has 9 heteroatoms. The summed E-state index contributed by atoms with van der Waals surface area (Å²) in [5.41, 5.74) is 3.46. The third-order valence-corrected chi connectivity index (χ3v) is 5.66. The van der Waals surface area contributed by atoms with Gasteiger partial charge in [0.05, 0.1) is 11.4 Å². The van der Waals surface area contributed by atoms with Crippen LogP contribution in [-0.2, 0) is 0 Å². The molecule has 1 amide bonds. The van der Waals surface area contributed by atoms with Crippen LogP contribution in [0, 0.1) is 0 Å². The fraction of sp³-hybridized carbons (Fsp3) is 0. The minimum Gasteiger partial charge on any atom is -0.320 e. The number of hydrogen-bond donors (Lipinski definition) is 1. The molecule has 134 valence electrons. The molecule has 6 nitrogen and oxygen atoms in total. The van der Waals surface area contributed by atoms with Gasteiger partial charge < -0.3 is 5.32 Å². The Balaban J connectivity index is 1.53. The van der Waals surface area contributed by atoms with Crippen molar-refractivity contribution in [2.75, 3.05) is 5.32 Å². The first-order valence-electron chi connectivity index (χ1n) is 7.85. The van der Waals surface area contributed by atoms with Crippen LogP contribution in [0.2, 0.25) is 5.02 Å². The zero-order valence-corrected chi connectivity index (χ0v) is 16.1. The number of hydrogen-bond acceptors (Lipinski definition) is 6. The van der Waals surface area contributed by atoms with Crippen LogP contribution in [0.4, 0.5) is 5.69 Å². The lowest BCUT2D eigenvalue weighted by Gasteiger charge is -2.08. The first-order valence-corrected chi connectivity index (χ1v) is 9.92. The van der Waals surface area contributed by atoms with Crippen LogP contribution in [0.3, 0.4) is 0 Å². The Bertz CT molecular complexity index is 1080. The Kier molecular flexibility index (Phi) is 5.19. The van der Waals surface area contributed by atoms with E-state index in [9.17, 15) is 4.79 Å². The van der Waals surface area contributed by atoms with Gasteiger partial charge in [-0.2, -0.15) is 5.10 Å². The average molecular weight is 414 g/mol. The van der Waals surface area contributed by atoms with Crippen molar-refractivity contribution >= 4 is 46.3 Å². The van der Waals surface area contributed by atoms with E-state index in [0.29, 0.717) is 16.4 Å². The van der Waals surface area contributed by atoms with Gasteiger partial charge in [0.25, 0.3) is 5.91 Å². The van der Waals surface area contributed by atoms with Gasteiger partial charge in [-0.1, -0.05) is 52.9 Å². The van der Waals surface area contributed by atoms with E-state index < -0.39 is 0 Å². The number of anilines is 1. The molecule has 1 N–H and O–H groups in total. The SMILES string of the molecule is O=C(Nc1ccccc1Sc1nncs1)c1ccn(-c2cccc(Cl)c2)n1. The van der Waals surface area contributed by atoms with Crippen molar-refractivity contribution in [1.29, 1.82) is 0 Å². The van der Waals surface area contributed by atoms with Crippen LogP contribution < -0.4 is 5.32 Å². The highest BCUT2D eigenvalue weighted by molar-refractivity contribution is 8.01. The second-order valence-electron chi connectivity index (χ2n) is 5.38. The largest absolute Gasteiger partial charge is 0.320 e. The molecule has 0 aliphatic rings. The van der Waals surface area contributed by atoms with Gasteiger partial charge >= 0.3 is 0 Å². The number of rotatable bonds is 5. The van der Waals surface area contributed by atoms with Gasteiger partial charge in [-0.3, -0.25) is 4.79 Å². The van der Waals surface area contributed by atoms with Crippen LogP contribution in [-0.4, -0.2) is 25.9 Å². The van der Waals surface area contributed by atoms with Gasteiger partial charge in [-0.15, -0.1) is 10.2 Å². The third-order valence-electron chi connectivity index (χ3n) is 3.57. The van der Waals surface area contributed by atoms with E-state index in [0.717, 1.165) is 14.9 Å². The average Bonchev–Trinajstić information content (AvgIpc) is 3.35. The van der Waals surface area contributed by atoms with Gasteiger partial charge in [0, 0.05) is 16.1 Å². The summed E-state index contributed by atoms with van der Waals surface area (Å²) in [4.78, 5) is 13.5. The van der Waals surface area contributed by atoms with Gasteiger partial charge in [-0.25, -0.2) is 4.68 Å². The molecule has 0 saturated carbocycles. The fourth-order valence-electron chi connectivity index (χ4n) is 2.35. The van der Waals surface area contributed by atoms with E-state index in [1.165, 1.54) is 23.1 Å². The second kappa shape index (κ2) is 7.91. The molecule has 0 saturated heterocycles. The van der Waals surface area contributed by atoms with E-state index in [2.05, 4.69) is 20.6 Å². The van der Waals surface area contributed by atoms with E-state index >= 15 is 0 Å². The Morgan fingerprint density at radius 3 is 2.85 bits per heavy atom. The number of halogens is 1. The predicted octanol–water partition coefficient (Wildman–Crippen LogP) is 4.78. The topological polar surface area (TPSA) is 72.7 Å². The van der Waals surface area contributed by atoms with Crippen molar-refractivity contribution in [2.45, 2.75) is 9.24 Å². The van der Waals surface area contributed by atoms with Gasteiger partial charge in [0.2, 0.25) is 0 Å². The van der Waals surface area contributed by atoms with Crippen LogP contribution in [0.25, 0.3) is 5.69 Å². The smallest absolute Gasteiger partial charge is 0.276 e. The molecule has 2 aromatic carbocycles. The summed E-state index contributed by atoms with van der Waals surface area (Å²) in [5.74, 6) is -0.291. The summed E-state index contributed by atoms with van der Waals surface area (Å²) < 4.78 is 2.42. The molecule has 0 spiro atoms. The van der Waals surface area contributed by atoms with Crippen molar-refractivity contribution in [3.63, 3.8) is 0 Å². The summed E-state index contributed by atoms with van der Waals surface area (Å²) >= 11 is 8.91. The van der Waals surface area contributed by atoms with Gasteiger partial charge in [0.15, 0.2) is 10.0 Å². The number of aromatic nitrogens is 4. The zero-order chi connectivity index (χ0) is 18.6. The molecule has 4 aromatic rings. The minimum absolute atomic E-state index is 0.291.